The molecular weight excluding hydrogens is 256 g/mol. The molecule has 1 aromatic rings. The Labute approximate surface area is 121 Å². The molecule has 0 N–H and O–H groups in total. The van der Waals surface area contributed by atoms with Crippen molar-refractivity contribution in [2.45, 2.75) is 50.8 Å². The van der Waals surface area contributed by atoms with Gasteiger partial charge in [0.05, 0.1) is 5.88 Å². The molecular formula is C16H23ClN2. The minimum absolute atomic E-state index is 0.560. The van der Waals surface area contributed by atoms with E-state index < -0.39 is 0 Å². The van der Waals surface area contributed by atoms with Crippen molar-refractivity contribution in [2.75, 3.05) is 18.0 Å². The van der Waals surface area contributed by atoms with E-state index in [-0.39, 0.29) is 0 Å². The van der Waals surface area contributed by atoms with Crippen LogP contribution in [0.2, 0.25) is 0 Å². The smallest absolute Gasteiger partial charge is 0.0509 e. The fraction of sp³-hybridized carbons (Fsp3) is 0.688. The van der Waals surface area contributed by atoms with Crippen molar-refractivity contribution in [1.82, 2.24) is 4.98 Å². The van der Waals surface area contributed by atoms with Crippen molar-refractivity contribution in [3.63, 3.8) is 0 Å². The predicted octanol–water partition coefficient (Wildman–Crippen LogP) is 4.37. The first-order valence-corrected chi connectivity index (χ1v) is 8.10. The normalized spacial score (nSPS) is 22.7. The zero-order chi connectivity index (χ0) is 13.1. The molecule has 19 heavy (non-hydrogen) atoms. The lowest BCUT2D eigenvalue weighted by molar-refractivity contribution is 0.144. The fourth-order valence-corrected chi connectivity index (χ4v) is 4.06. The molecule has 1 spiro atoms. The number of piperidine rings is 1. The van der Waals surface area contributed by atoms with Gasteiger partial charge in [0.1, 0.15) is 0 Å². The minimum atomic E-state index is 0.560. The highest BCUT2D eigenvalue weighted by Crippen LogP contribution is 2.45. The quantitative estimate of drug-likeness (QED) is 0.747. The van der Waals surface area contributed by atoms with Crippen molar-refractivity contribution in [2.24, 2.45) is 5.41 Å². The number of hydrogen-bond donors (Lipinski definition) is 0. The summed E-state index contributed by atoms with van der Waals surface area (Å²) in [4.78, 5) is 6.70. The second-order valence-electron chi connectivity index (χ2n) is 6.19. The van der Waals surface area contributed by atoms with Crippen LogP contribution in [0, 0.1) is 5.41 Å². The van der Waals surface area contributed by atoms with Gasteiger partial charge in [0.25, 0.3) is 0 Å². The second-order valence-corrected chi connectivity index (χ2v) is 6.45. The number of rotatable bonds is 2. The molecule has 104 valence electrons. The van der Waals surface area contributed by atoms with Crippen LogP contribution in [0.4, 0.5) is 5.69 Å². The van der Waals surface area contributed by atoms with Gasteiger partial charge in [-0.05, 0) is 37.2 Å². The van der Waals surface area contributed by atoms with E-state index in [1.807, 2.05) is 12.4 Å². The molecule has 1 saturated heterocycles. The van der Waals surface area contributed by atoms with Crippen LogP contribution in [0.15, 0.2) is 18.5 Å². The molecule has 2 heterocycles. The van der Waals surface area contributed by atoms with Crippen LogP contribution in [-0.4, -0.2) is 18.1 Å². The van der Waals surface area contributed by atoms with Crippen LogP contribution in [0.1, 0.15) is 50.5 Å². The summed E-state index contributed by atoms with van der Waals surface area (Å²) in [5.74, 6) is 0.560. The summed E-state index contributed by atoms with van der Waals surface area (Å²) in [6.07, 6.45) is 13.8. The average molecular weight is 279 g/mol. The molecule has 0 radical (unpaired) electrons. The lowest BCUT2D eigenvalue weighted by atomic mass is 9.68. The van der Waals surface area contributed by atoms with E-state index in [0.717, 1.165) is 0 Å². The highest BCUT2D eigenvalue weighted by atomic mass is 35.5. The van der Waals surface area contributed by atoms with Crippen molar-refractivity contribution < 1.29 is 0 Å². The Bertz CT molecular complexity index is 417. The Morgan fingerprint density at radius 3 is 2.53 bits per heavy atom. The Morgan fingerprint density at radius 1 is 1.11 bits per heavy atom. The number of halogens is 1. The average Bonchev–Trinajstić information content (AvgIpc) is 2.49. The van der Waals surface area contributed by atoms with Gasteiger partial charge in [0.15, 0.2) is 0 Å². The summed E-state index contributed by atoms with van der Waals surface area (Å²) in [5, 5.41) is 0. The zero-order valence-corrected chi connectivity index (χ0v) is 12.3. The predicted molar refractivity (Wildman–Crippen MR) is 80.8 cm³/mol. The Morgan fingerprint density at radius 2 is 1.84 bits per heavy atom. The summed E-state index contributed by atoms with van der Waals surface area (Å²) < 4.78 is 0. The molecule has 0 amide bonds. The third kappa shape index (κ3) is 2.74. The monoisotopic (exact) mass is 278 g/mol. The summed E-state index contributed by atoms with van der Waals surface area (Å²) in [6.45, 7) is 2.38. The highest BCUT2D eigenvalue weighted by Gasteiger charge is 2.35. The van der Waals surface area contributed by atoms with Gasteiger partial charge in [-0.25, -0.2) is 0 Å². The van der Waals surface area contributed by atoms with E-state index in [0.29, 0.717) is 11.3 Å². The second kappa shape index (κ2) is 5.70. The standard InChI is InChI=1S/C16H23ClN2/c17-12-14-13-18-9-4-15(14)19-10-7-16(8-11-19)5-2-1-3-6-16/h4,9,13H,1-3,5-8,10-12H2. The molecule has 0 unspecified atom stereocenters. The van der Waals surface area contributed by atoms with Crippen LogP contribution in [-0.2, 0) is 5.88 Å². The molecule has 0 atom stereocenters. The van der Waals surface area contributed by atoms with Gasteiger partial charge in [-0.2, -0.15) is 0 Å². The summed E-state index contributed by atoms with van der Waals surface area (Å²) in [7, 11) is 0. The van der Waals surface area contributed by atoms with E-state index in [4.69, 9.17) is 11.6 Å². The Balaban J connectivity index is 1.69. The summed E-state index contributed by atoms with van der Waals surface area (Å²) in [6, 6.07) is 2.12. The Hall–Kier alpha value is -0.760. The molecule has 1 saturated carbocycles. The van der Waals surface area contributed by atoms with Crippen molar-refractivity contribution in [3.8, 4) is 0 Å². The highest BCUT2D eigenvalue weighted by molar-refractivity contribution is 6.17. The maximum Gasteiger partial charge on any atom is 0.0509 e. The van der Waals surface area contributed by atoms with Crippen molar-refractivity contribution in [3.05, 3.63) is 24.0 Å². The largest absolute Gasteiger partial charge is 0.371 e. The van der Waals surface area contributed by atoms with Crippen molar-refractivity contribution in [1.29, 1.82) is 0 Å². The molecule has 1 aromatic heterocycles. The maximum absolute atomic E-state index is 6.03. The molecule has 2 fully saturated rings. The molecule has 3 rings (SSSR count). The van der Waals surface area contributed by atoms with Crippen molar-refractivity contribution >= 4 is 17.3 Å². The fourth-order valence-electron chi connectivity index (χ4n) is 3.86. The van der Waals surface area contributed by atoms with E-state index >= 15 is 0 Å². The third-order valence-corrected chi connectivity index (χ3v) is 5.39. The Kier molecular flexibility index (Phi) is 3.97. The minimum Gasteiger partial charge on any atom is -0.371 e. The molecule has 1 aliphatic heterocycles. The third-order valence-electron chi connectivity index (χ3n) is 5.10. The molecule has 2 aliphatic rings. The number of aromatic nitrogens is 1. The van der Waals surface area contributed by atoms with Gasteiger partial charge in [0.2, 0.25) is 0 Å². The maximum atomic E-state index is 6.03. The van der Waals surface area contributed by atoms with Crippen LogP contribution in [0.25, 0.3) is 0 Å². The zero-order valence-electron chi connectivity index (χ0n) is 11.6. The summed E-state index contributed by atoms with van der Waals surface area (Å²) >= 11 is 6.03. The number of nitrogens with zero attached hydrogens (tertiary/aromatic N) is 2. The lowest BCUT2D eigenvalue weighted by Gasteiger charge is -2.45. The van der Waals surface area contributed by atoms with E-state index in [9.17, 15) is 0 Å². The first-order valence-electron chi connectivity index (χ1n) is 7.57. The van der Waals surface area contributed by atoms with Gasteiger partial charge in [0, 0.05) is 36.7 Å². The molecule has 3 heteroatoms. The van der Waals surface area contributed by atoms with E-state index in [1.165, 1.54) is 69.3 Å². The molecule has 0 bridgehead atoms. The van der Waals surface area contributed by atoms with E-state index in [1.54, 1.807) is 0 Å². The van der Waals surface area contributed by atoms with Gasteiger partial charge in [-0.1, -0.05) is 19.3 Å². The van der Waals surface area contributed by atoms with Crippen LogP contribution >= 0.6 is 11.6 Å². The number of alkyl halides is 1. The van der Waals surface area contributed by atoms with Crippen LogP contribution in [0.3, 0.4) is 0 Å². The summed E-state index contributed by atoms with van der Waals surface area (Å²) in [5.41, 5.74) is 3.14. The number of hydrogen-bond acceptors (Lipinski definition) is 2. The molecule has 0 aromatic carbocycles. The number of anilines is 1. The molecule has 2 nitrogen and oxygen atoms in total. The number of pyridine rings is 1. The lowest BCUT2D eigenvalue weighted by Crippen LogP contribution is -2.41. The topological polar surface area (TPSA) is 16.1 Å². The molecule has 1 aliphatic carbocycles. The van der Waals surface area contributed by atoms with Gasteiger partial charge < -0.3 is 4.90 Å². The first-order chi connectivity index (χ1) is 9.33. The van der Waals surface area contributed by atoms with E-state index in [2.05, 4.69) is 16.0 Å². The SMILES string of the molecule is ClCc1cnccc1N1CCC2(CCCCC2)CC1. The van der Waals surface area contributed by atoms with Gasteiger partial charge >= 0.3 is 0 Å². The van der Waals surface area contributed by atoms with Gasteiger partial charge in [-0.3, -0.25) is 4.98 Å². The van der Waals surface area contributed by atoms with Crippen LogP contribution in [0.5, 0.6) is 0 Å². The van der Waals surface area contributed by atoms with Gasteiger partial charge in [-0.15, -0.1) is 11.6 Å². The first kappa shape index (κ1) is 13.2. The van der Waals surface area contributed by atoms with Crippen LogP contribution < -0.4 is 4.90 Å².